The standard InChI is InChI=1S/C12H16N2O5S.ClH/c1-18-12(15)8-2-11(19-7-8)20(16,17)14-5-9-3-13-4-10(9)6-14;/h2,7,9-10,13H,3-6H2,1H3;1H/t9-,10+;. The van der Waals surface area contributed by atoms with Crippen LogP contribution in [0.2, 0.25) is 0 Å². The second-order valence-corrected chi connectivity index (χ2v) is 7.02. The molecule has 2 aliphatic heterocycles. The van der Waals surface area contributed by atoms with Gasteiger partial charge in [0.2, 0.25) is 5.09 Å². The van der Waals surface area contributed by atoms with Crippen LogP contribution in [-0.4, -0.2) is 52.0 Å². The van der Waals surface area contributed by atoms with E-state index in [0.29, 0.717) is 24.9 Å². The van der Waals surface area contributed by atoms with Crippen LogP contribution in [0, 0.1) is 11.8 Å². The Balaban J connectivity index is 0.00000161. The van der Waals surface area contributed by atoms with E-state index < -0.39 is 16.0 Å². The summed E-state index contributed by atoms with van der Waals surface area (Å²) in [5.41, 5.74) is 0.104. The van der Waals surface area contributed by atoms with Gasteiger partial charge < -0.3 is 14.5 Å². The number of carbonyl (C=O) groups is 1. The first-order valence-electron chi connectivity index (χ1n) is 6.40. The summed E-state index contributed by atoms with van der Waals surface area (Å²) in [4.78, 5) is 11.3. The third-order valence-corrected chi connectivity index (χ3v) is 5.65. The molecule has 0 amide bonds. The number of carbonyl (C=O) groups excluding carboxylic acids is 1. The number of nitrogens with zero attached hydrogens (tertiary/aromatic N) is 1. The van der Waals surface area contributed by atoms with Gasteiger partial charge in [-0.25, -0.2) is 13.2 Å². The smallest absolute Gasteiger partial charge is 0.341 e. The molecule has 7 nitrogen and oxygen atoms in total. The molecule has 2 saturated heterocycles. The molecular weight excluding hydrogens is 320 g/mol. The summed E-state index contributed by atoms with van der Waals surface area (Å²) >= 11 is 0. The van der Waals surface area contributed by atoms with Crippen LogP contribution in [-0.2, 0) is 14.8 Å². The van der Waals surface area contributed by atoms with Crippen molar-refractivity contribution in [2.45, 2.75) is 5.09 Å². The lowest BCUT2D eigenvalue weighted by Gasteiger charge is -2.15. The number of fused-ring (bicyclic) bond motifs is 1. The lowest BCUT2D eigenvalue weighted by Crippen LogP contribution is -2.31. The van der Waals surface area contributed by atoms with Crippen LogP contribution in [0.3, 0.4) is 0 Å². The molecule has 0 saturated carbocycles. The minimum atomic E-state index is -3.67. The van der Waals surface area contributed by atoms with Gasteiger partial charge in [0.05, 0.1) is 12.7 Å². The van der Waals surface area contributed by atoms with Crippen LogP contribution >= 0.6 is 12.4 Å². The van der Waals surface area contributed by atoms with Crippen molar-refractivity contribution in [3.63, 3.8) is 0 Å². The van der Waals surface area contributed by atoms with Gasteiger partial charge in [0.25, 0.3) is 10.0 Å². The van der Waals surface area contributed by atoms with Crippen LogP contribution in [0.1, 0.15) is 10.4 Å². The molecule has 2 fully saturated rings. The van der Waals surface area contributed by atoms with Crippen molar-refractivity contribution in [2.75, 3.05) is 33.3 Å². The molecule has 21 heavy (non-hydrogen) atoms. The van der Waals surface area contributed by atoms with Gasteiger partial charge in [0, 0.05) is 19.2 Å². The summed E-state index contributed by atoms with van der Waals surface area (Å²) in [5.74, 6) is 0.109. The van der Waals surface area contributed by atoms with Gasteiger partial charge >= 0.3 is 5.97 Å². The quantitative estimate of drug-likeness (QED) is 0.800. The number of halogens is 1. The molecule has 0 bridgehead atoms. The molecule has 1 aromatic rings. The molecule has 0 aromatic carbocycles. The largest absolute Gasteiger partial charge is 0.465 e. The number of nitrogens with one attached hydrogen (secondary N) is 1. The van der Waals surface area contributed by atoms with Crippen molar-refractivity contribution < 1.29 is 22.4 Å². The number of esters is 1. The average Bonchev–Trinajstić information content (AvgIpc) is 3.11. The zero-order valence-electron chi connectivity index (χ0n) is 11.4. The maximum Gasteiger partial charge on any atom is 0.341 e. The normalized spacial score (nSPS) is 25.4. The van der Waals surface area contributed by atoms with Crippen LogP contribution in [0.25, 0.3) is 0 Å². The highest BCUT2D eigenvalue weighted by molar-refractivity contribution is 7.89. The van der Waals surface area contributed by atoms with Crippen molar-refractivity contribution >= 4 is 28.4 Å². The summed E-state index contributed by atoms with van der Waals surface area (Å²) < 4.78 is 35.9. The summed E-state index contributed by atoms with van der Waals surface area (Å²) in [6, 6.07) is 1.22. The van der Waals surface area contributed by atoms with Crippen LogP contribution in [0.5, 0.6) is 0 Å². The van der Waals surface area contributed by atoms with Gasteiger partial charge in [0.1, 0.15) is 6.26 Å². The SMILES string of the molecule is COC(=O)c1coc(S(=O)(=O)N2C[C@H]3CNC[C@H]3C2)c1.Cl. The van der Waals surface area contributed by atoms with E-state index >= 15 is 0 Å². The molecular formula is C12H17ClN2O5S. The van der Waals surface area contributed by atoms with Crippen LogP contribution in [0.4, 0.5) is 0 Å². The van der Waals surface area contributed by atoms with Gasteiger partial charge in [-0.3, -0.25) is 0 Å². The molecule has 1 aromatic heterocycles. The van der Waals surface area contributed by atoms with E-state index in [1.165, 1.54) is 17.5 Å². The van der Waals surface area contributed by atoms with Gasteiger partial charge in [-0.15, -0.1) is 12.4 Å². The van der Waals surface area contributed by atoms with Crippen LogP contribution < -0.4 is 5.32 Å². The first-order chi connectivity index (χ1) is 9.52. The van der Waals surface area contributed by atoms with Crippen molar-refractivity contribution in [3.05, 3.63) is 17.9 Å². The number of ether oxygens (including phenoxy) is 1. The molecule has 3 rings (SSSR count). The summed E-state index contributed by atoms with van der Waals surface area (Å²) in [6.45, 7) is 2.69. The Morgan fingerprint density at radius 3 is 2.57 bits per heavy atom. The molecule has 0 radical (unpaired) electrons. The van der Waals surface area contributed by atoms with Crippen LogP contribution in [0.15, 0.2) is 21.8 Å². The average molecular weight is 337 g/mol. The highest BCUT2D eigenvalue weighted by Crippen LogP contribution is 2.31. The highest BCUT2D eigenvalue weighted by Gasteiger charge is 2.42. The zero-order valence-corrected chi connectivity index (χ0v) is 13.1. The van der Waals surface area contributed by atoms with Gasteiger partial charge in [-0.2, -0.15) is 4.31 Å². The maximum atomic E-state index is 12.4. The van der Waals surface area contributed by atoms with E-state index in [1.54, 1.807) is 0 Å². The fourth-order valence-corrected chi connectivity index (χ4v) is 4.29. The lowest BCUT2D eigenvalue weighted by atomic mass is 10.0. The summed E-state index contributed by atoms with van der Waals surface area (Å²) in [6.07, 6.45) is 1.11. The Morgan fingerprint density at radius 1 is 1.38 bits per heavy atom. The first kappa shape index (κ1) is 16.3. The molecule has 2 aliphatic rings. The first-order valence-corrected chi connectivity index (χ1v) is 7.84. The van der Waals surface area contributed by atoms with E-state index in [4.69, 9.17) is 4.42 Å². The molecule has 0 aliphatic carbocycles. The molecule has 3 heterocycles. The molecule has 0 spiro atoms. The lowest BCUT2D eigenvalue weighted by molar-refractivity contribution is 0.0600. The van der Waals surface area contributed by atoms with Crippen molar-refractivity contribution in [3.8, 4) is 0 Å². The molecule has 118 valence electrons. The third kappa shape index (κ3) is 2.80. The fourth-order valence-electron chi connectivity index (χ4n) is 2.81. The Hall–Kier alpha value is -1.09. The predicted molar refractivity (Wildman–Crippen MR) is 75.9 cm³/mol. The van der Waals surface area contributed by atoms with E-state index in [2.05, 4.69) is 10.1 Å². The minimum absolute atomic E-state index is 0. The van der Waals surface area contributed by atoms with Gasteiger partial charge in [-0.1, -0.05) is 0 Å². The Bertz CT molecular complexity index is 617. The number of furan rings is 1. The number of rotatable bonds is 3. The van der Waals surface area contributed by atoms with Gasteiger partial charge in [0.15, 0.2) is 0 Å². The molecule has 1 N–H and O–H groups in total. The molecule has 0 unspecified atom stereocenters. The highest BCUT2D eigenvalue weighted by atomic mass is 35.5. The van der Waals surface area contributed by atoms with Gasteiger partial charge in [-0.05, 0) is 24.9 Å². The summed E-state index contributed by atoms with van der Waals surface area (Å²) in [7, 11) is -2.44. The topological polar surface area (TPSA) is 88.8 Å². The monoisotopic (exact) mass is 336 g/mol. The number of hydrogen-bond donors (Lipinski definition) is 1. The molecule has 2 atom stereocenters. The van der Waals surface area contributed by atoms with Crippen molar-refractivity contribution in [2.24, 2.45) is 11.8 Å². The third-order valence-electron chi connectivity index (χ3n) is 3.95. The fraction of sp³-hybridized carbons (Fsp3) is 0.583. The maximum absolute atomic E-state index is 12.4. The Morgan fingerprint density at radius 2 is 2.00 bits per heavy atom. The van der Waals surface area contributed by atoms with Crippen molar-refractivity contribution in [1.82, 2.24) is 9.62 Å². The second-order valence-electron chi connectivity index (χ2n) is 5.15. The Kier molecular flexibility index (Phi) is 4.62. The van der Waals surface area contributed by atoms with E-state index in [1.807, 2.05) is 0 Å². The Labute approximate surface area is 129 Å². The number of methoxy groups -OCH3 is 1. The number of hydrogen-bond acceptors (Lipinski definition) is 6. The van der Waals surface area contributed by atoms with E-state index in [9.17, 15) is 13.2 Å². The predicted octanol–water partition coefficient (Wildman–Crippen LogP) is 0.328. The molecule has 9 heteroatoms. The van der Waals surface area contributed by atoms with E-state index in [-0.39, 0.29) is 23.1 Å². The minimum Gasteiger partial charge on any atom is -0.465 e. The second kappa shape index (κ2) is 5.96. The van der Waals surface area contributed by atoms with Crippen molar-refractivity contribution in [1.29, 1.82) is 0 Å². The zero-order chi connectivity index (χ0) is 14.3. The van der Waals surface area contributed by atoms with E-state index in [0.717, 1.165) is 19.4 Å². The number of sulfonamides is 1. The summed E-state index contributed by atoms with van der Waals surface area (Å²) in [5, 5.41) is 3.05.